The molecule has 7 nitrogen and oxygen atoms in total. The predicted octanol–water partition coefficient (Wildman–Crippen LogP) is 3.38. The van der Waals surface area contributed by atoms with E-state index in [0.717, 1.165) is 24.9 Å². The van der Waals surface area contributed by atoms with Crippen molar-refractivity contribution < 1.29 is 18.8 Å². The van der Waals surface area contributed by atoms with Crippen molar-refractivity contribution in [2.75, 3.05) is 49.5 Å². The van der Waals surface area contributed by atoms with Gasteiger partial charge in [0.05, 0.1) is 6.54 Å². The largest absolute Gasteiger partial charge is 0.368 e. The number of carbonyl (C=O) groups excluding carboxylic acids is 3. The van der Waals surface area contributed by atoms with Crippen LogP contribution in [0.4, 0.5) is 15.8 Å². The van der Waals surface area contributed by atoms with Crippen molar-refractivity contribution in [3.8, 4) is 0 Å². The fraction of sp³-hybridized carbons (Fsp3) is 0.423. The Kier molecular flexibility index (Phi) is 7.45. The minimum Gasteiger partial charge on any atom is -0.368 e. The molecule has 3 amide bonds. The zero-order valence-corrected chi connectivity index (χ0v) is 19.5. The van der Waals surface area contributed by atoms with Gasteiger partial charge in [0.1, 0.15) is 5.82 Å². The van der Waals surface area contributed by atoms with Crippen LogP contribution in [0.15, 0.2) is 48.5 Å². The third-order valence-corrected chi connectivity index (χ3v) is 6.22. The van der Waals surface area contributed by atoms with Crippen molar-refractivity contribution >= 4 is 29.1 Å². The summed E-state index contributed by atoms with van der Waals surface area (Å²) in [5, 5.41) is 2.88. The first-order chi connectivity index (χ1) is 16.4. The lowest BCUT2D eigenvalue weighted by Crippen LogP contribution is -2.48. The molecule has 2 aromatic rings. The molecule has 0 spiro atoms. The molecule has 180 valence electrons. The molecule has 2 fully saturated rings. The van der Waals surface area contributed by atoms with Gasteiger partial charge in [0, 0.05) is 55.6 Å². The summed E-state index contributed by atoms with van der Waals surface area (Å²) in [5.74, 6) is -0.580. The lowest BCUT2D eigenvalue weighted by atomic mass is 10.1. The number of amides is 3. The molecular weight excluding hydrogens is 435 g/mol. The Morgan fingerprint density at radius 3 is 2.35 bits per heavy atom. The molecule has 1 aliphatic heterocycles. The maximum absolute atomic E-state index is 13.4. The Morgan fingerprint density at radius 2 is 1.74 bits per heavy atom. The van der Waals surface area contributed by atoms with Gasteiger partial charge in [0.25, 0.3) is 5.91 Å². The summed E-state index contributed by atoms with van der Waals surface area (Å²) in [5.41, 5.74) is 2.06. The lowest BCUT2D eigenvalue weighted by Gasteiger charge is -2.36. The van der Waals surface area contributed by atoms with Crippen LogP contribution in [0.1, 0.15) is 36.5 Å². The molecule has 34 heavy (non-hydrogen) atoms. The van der Waals surface area contributed by atoms with Crippen molar-refractivity contribution in [1.82, 2.24) is 9.80 Å². The summed E-state index contributed by atoms with van der Waals surface area (Å²) in [6.07, 6.45) is 2.67. The molecule has 1 saturated heterocycles. The fourth-order valence-electron chi connectivity index (χ4n) is 4.23. The van der Waals surface area contributed by atoms with Gasteiger partial charge in [0.2, 0.25) is 11.8 Å². The van der Waals surface area contributed by atoms with Crippen LogP contribution < -0.4 is 10.2 Å². The van der Waals surface area contributed by atoms with Crippen LogP contribution in [0.5, 0.6) is 0 Å². The number of hydrogen-bond acceptors (Lipinski definition) is 4. The van der Waals surface area contributed by atoms with E-state index in [2.05, 4.69) is 10.2 Å². The summed E-state index contributed by atoms with van der Waals surface area (Å²) < 4.78 is 13.4. The second kappa shape index (κ2) is 10.7. The third kappa shape index (κ3) is 5.92. The van der Waals surface area contributed by atoms with E-state index < -0.39 is 5.82 Å². The van der Waals surface area contributed by atoms with Crippen molar-refractivity contribution in [1.29, 1.82) is 0 Å². The molecule has 2 aliphatic rings. The van der Waals surface area contributed by atoms with Crippen molar-refractivity contribution in [2.24, 2.45) is 5.92 Å². The van der Waals surface area contributed by atoms with Crippen molar-refractivity contribution in [3.63, 3.8) is 0 Å². The van der Waals surface area contributed by atoms with E-state index in [1.807, 2.05) is 31.2 Å². The standard InChI is InChI=1S/C26H31FN4O3/c1-2-12-31(25(33)19-6-7-19)18-24(32)28-22-8-10-23(11-9-22)29-13-15-30(16-14-29)26(34)20-4-3-5-21(27)17-20/h3-5,8-11,17,19H,2,6-7,12-16,18H2,1H3,(H,28,32). The number of rotatable bonds is 8. The predicted molar refractivity (Wildman–Crippen MR) is 129 cm³/mol. The maximum atomic E-state index is 13.4. The molecule has 1 aliphatic carbocycles. The number of halogens is 1. The molecule has 8 heteroatoms. The molecule has 0 atom stereocenters. The molecule has 0 bridgehead atoms. The Hall–Kier alpha value is -3.42. The fourth-order valence-corrected chi connectivity index (χ4v) is 4.23. The molecule has 4 rings (SSSR count). The quantitative estimate of drug-likeness (QED) is 0.648. The third-order valence-electron chi connectivity index (χ3n) is 6.22. The minimum absolute atomic E-state index is 0.0756. The average Bonchev–Trinajstić information content (AvgIpc) is 3.69. The molecule has 1 heterocycles. The van der Waals surface area contributed by atoms with Gasteiger partial charge in [-0.05, 0) is 61.7 Å². The van der Waals surface area contributed by atoms with Crippen LogP contribution in [0.25, 0.3) is 0 Å². The van der Waals surface area contributed by atoms with Crippen LogP contribution in [-0.2, 0) is 9.59 Å². The molecule has 0 aromatic heterocycles. The molecule has 0 unspecified atom stereocenters. The van der Waals surface area contributed by atoms with Crippen LogP contribution in [0, 0.1) is 11.7 Å². The Bertz CT molecular complexity index is 1030. The number of hydrogen-bond donors (Lipinski definition) is 1. The van der Waals surface area contributed by atoms with Crippen LogP contribution in [0.2, 0.25) is 0 Å². The highest BCUT2D eigenvalue weighted by Gasteiger charge is 2.33. The zero-order chi connectivity index (χ0) is 24.1. The van der Waals surface area contributed by atoms with Gasteiger partial charge >= 0.3 is 0 Å². The zero-order valence-electron chi connectivity index (χ0n) is 19.5. The van der Waals surface area contributed by atoms with Gasteiger partial charge in [-0.1, -0.05) is 13.0 Å². The van der Waals surface area contributed by atoms with E-state index in [0.29, 0.717) is 44.0 Å². The Morgan fingerprint density at radius 1 is 1.03 bits per heavy atom. The highest BCUT2D eigenvalue weighted by Crippen LogP contribution is 2.31. The van der Waals surface area contributed by atoms with E-state index in [1.165, 1.54) is 12.1 Å². The summed E-state index contributed by atoms with van der Waals surface area (Å²) in [6, 6.07) is 13.4. The van der Waals surface area contributed by atoms with E-state index in [-0.39, 0.29) is 30.2 Å². The van der Waals surface area contributed by atoms with E-state index in [9.17, 15) is 18.8 Å². The molecule has 0 radical (unpaired) electrons. The van der Waals surface area contributed by atoms with Gasteiger partial charge in [-0.15, -0.1) is 0 Å². The number of anilines is 2. The van der Waals surface area contributed by atoms with Gasteiger partial charge in [-0.2, -0.15) is 0 Å². The molecule has 2 aromatic carbocycles. The van der Waals surface area contributed by atoms with E-state index >= 15 is 0 Å². The topological polar surface area (TPSA) is 73.0 Å². The second-order valence-corrected chi connectivity index (χ2v) is 8.92. The molecule has 1 saturated carbocycles. The van der Waals surface area contributed by atoms with Gasteiger partial charge < -0.3 is 20.0 Å². The van der Waals surface area contributed by atoms with Gasteiger partial charge in [0.15, 0.2) is 0 Å². The second-order valence-electron chi connectivity index (χ2n) is 8.92. The number of nitrogens with zero attached hydrogens (tertiary/aromatic N) is 3. The van der Waals surface area contributed by atoms with Crippen LogP contribution in [-0.4, -0.2) is 66.8 Å². The first kappa shape index (κ1) is 23.7. The summed E-state index contributed by atoms with van der Waals surface area (Å²) >= 11 is 0. The van der Waals surface area contributed by atoms with Crippen LogP contribution in [0.3, 0.4) is 0 Å². The minimum atomic E-state index is -0.413. The van der Waals surface area contributed by atoms with Gasteiger partial charge in [-0.25, -0.2) is 4.39 Å². The van der Waals surface area contributed by atoms with Gasteiger partial charge in [-0.3, -0.25) is 14.4 Å². The smallest absolute Gasteiger partial charge is 0.254 e. The lowest BCUT2D eigenvalue weighted by molar-refractivity contribution is -0.135. The first-order valence-electron chi connectivity index (χ1n) is 11.9. The van der Waals surface area contributed by atoms with E-state index in [4.69, 9.17) is 0 Å². The molecule has 1 N–H and O–H groups in total. The monoisotopic (exact) mass is 466 g/mol. The Balaban J connectivity index is 1.28. The number of nitrogens with one attached hydrogen (secondary N) is 1. The van der Waals surface area contributed by atoms with Crippen molar-refractivity contribution in [3.05, 3.63) is 59.9 Å². The summed E-state index contributed by atoms with van der Waals surface area (Å²) in [7, 11) is 0. The number of carbonyl (C=O) groups is 3. The average molecular weight is 467 g/mol. The highest BCUT2D eigenvalue weighted by atomic mass is 19.1. The number of benzene rings is 2. The van der Waals surface area contributed by atoms with Crippen LogP contribution >= 0.6 is 0 Å². The highest BCUT2D eigenvalue weighted by molar-refractivity contribution is 5.95. The van der Waals surface area contributed by atoms with E-state index in [1.54, 1.807) is 21.9 Å². The van der Waals surface area contributed by atoms with Crippen molar-refractivity contribution in [2.45, 2.75) is 26.2 Å². The first-order valence-corrected chi connectivity index (χ1v) is 11.9. The Labute approximate surface area is 199 Å². The number of piperazine rings is 1. The maximum Gasteiger partial charge on any atom is 0.254 e. The SMILES string of the molecule is CCCN(CC(=O)Nc1ccc(N2CCN(C(=O)c3cccc(F)c3)CC2)cc1)C(=O)C1CC1. The summed E-state index contributed by atoms with van der Waals surface area (Å²) in [6.45, 7) is 5.11. The molecular formula is C26H31FN4O3. The normalized spacial score (nSPS) is 15.7. The summed E-state index contributed by atoms with van der Waals surface area (Å²) in [4.78, 5) is 43.1.